The molecule has 0 saturated carbocycles. The highest BCUT2D eigenvalue weighted by Crippen LogP contribution is 2.29. The number of Topliss-reactive ketones (excluding diaryl/α,β-unsaturated/α-hetero) is 1. The van der Waals surface area contributed by atoms with Crippen molar-refractivity contribution in [3.05, 3.63) is 17.5 Å². The Morgan fingerprint density at radius 2 is 1.74 bits per heavy atom. The van der Waals surface area contributed by atoms with Crippen LogP contribution in [-0.4, -0.2) is 72.7 Å². The molecule has 190 valence electrons. The number of rotatable bonds is 13. The number of nitrogens with one attached hydrogen (secondary N) is 3. The zero-order chi connectivity index (χ0) is 25.6. The summed E-state index contributed by atoms with van der Waals surface area (Å²) in [5.41, 5.74) is -0.855. The van der Waals surface area contributed by atoms with Crippen molar-refractivity contribution in [1.29, 1.82) is 0 Å². The number of nitrogens with zero attached hydrogens (tertiary/aromatic N) is 1. The van der Waals surface area contributed by atoms with E-state index in [9.17, 15) is 19.2 Å². The normalized spacial score (nSPS) is 19.9. The fourth-order valence-corrected chi connectivity index (χ4v) is 3.43. The molecule has 0 aromatic carbocycles. The third-order valence-electron chi connectivity index (χ3n) is 5.50. The molecule has 11 heteroatoms. The first-order chi connectivity index (χ1) is 15.9. The second kappa shape index (κ2) is 11.6. The molecule has 0 radical (unpaired) electrons. The summed E-state index contributed by atoms with van der Waals surface area (Å²) < 4.78 is 15.2. The quantitative estimate of drug-likeness (QED) is 0.350. The summed E-state index contributed by atoms with van der Waals surface area (Å²) in [4.78, 5) is 51.4. The van der Waals surface area contributed by atoms with Crippen molar-refractivity contribution >= 4 is 23.5 Å². The van der Waals surface area contributed by atoms with E-state index in [0.29, 0.717) is 18.8 Å². The van der Waals surface area contributed by atoms with Gasteiger partial charge in [-0.3, -0.25) is 19.2 Å². The smallest absolute Gasteiger partial charge is 0.274 e. The number of hydrogen-bond donors (Lipinski definition) is 3. The lowest BCUT2D eigenvalue weighted by Gasteiger charge is -2.28. The first-order valence-corrected chi connectivity index (χ1v) is 11.4. The molecule has 1 aliphatic heterocycles. The van der Waals surface area contributed by atoms with E-state index >= 15 is 0 Å². The minimum absolute atomic E-state index is 0.0235. The zero-order valence-corrected chi connectivity index (χ0v) is 20.9. The maximum atomic E-state index is 13.1. The van der Waals surface area contributed by atoms with Gasteiger partial charge < -0.3 is 29.9 Å². The van der Waals surface area contributed by atoms with Crippen LogP contribution < -0.4 is 16.0 Å². The van der Waals surface area contributed by atoms with E-state index in [4.69, 9.17) is 14.0 Å². The SMILES string of the molecule is COC[C@H](NC(=O)c1cc(C)on1)C(=O)NC(C(=O)NC(CC(C)C)C(=O)[C@@]1(C)CO1)C(C)C. The third kappa shape index (κ3) is 7.36. The molecule has 11 nitrogen and oxygen atoms in total. The molecule has 4 atom stereocenters. The van der Waals surface area contributed by atoms with Crippen molar-refractivity contribution in [2.24, 2.45) is 11.8 Å². The van der Waals surface area contributed by atoms with Crippen LogP contribution in [-0.2, 0) is 23.9 Å². The molecular weight excluding hydrogens is 444 g/mol. The first kappa shape index (κ1) is 27.5. The standard InChI is InChI=1S/C23H36N4O7/c1-12(2)8-15(19(28)23(6)11-33-23)24-22(31)18(13(3)4)26-21(30)17(10-32-7)25-20(29)16-9-14(5)34-27-16/h9,12-13,15,17-18H,8,10-11H2,1-7H3,(H,24,31)(H,25,29)(H,26,30)/t15?,17-,18?,23+/m0/s1. The molecule has 0 spiro atoms. The summed E-state index contributed by atoms with van der Waals surface area (Å²) in [7, 11) is 1.39. The molecule has 34 heavy (non-hydrogen) atoms. The Hall–Kier alpha value is -2.79. The van der Waals surface area contributed by atoms with Gasteiger partial charge in [0.2, 0.25) is 11.8 Å². The molecule has 0 aliphatic carbocycles. The van der Waals surface area contributed by atoms with E-state index in [-0.39, 0.29) is 29.9 Å². The Kier molecular flexibility index (Phi) is 9.34. The van der Waals surface area contributed by atoms with Gasteiger partial charge in [-0.05, 0) is 32.1 Å². The Morgan fingerprint density at radius 1 is 1.09 bits per heavy atom. The average molecular weight is 481 g/mol. The predicted molar refractivity (Wildman–Crippen MR) is 122 cm³/mol. The van der Waals surface area contributed by atoms with E-state index in [1.54, 1.807) is 27.7 Å². The predicted octanol–water partition coefficient (Wildman–Crippen LogP) is 0.758. The number of hydrogen-bond acceptors (Lipinski definition) is 8. The van der Waals surface area contributed by atoms with Gasteiger partial charge in [-0.2, -0.15) is 0 Å². The molecule has 0 bridgehead atoms. The Morgan fingerprint density at radius 3 is 2.21 bits per heavy atom. The van der Waals surface area contributed by atoms with E-state index in [1.165, 1.54) is 13.2 Å². The largest absolute Gasteiger partial charge is 0.382 e. The van der Waals surface area contributed by atoms with Gasteiger partial charge in [0.15, 0.2) is 11.5 Å². The van der Waals surface area contributed by atoms with Crippen molar-refractivity contribution in [2.45, 2.75) is 71.7 Å². The number of epoxide rings is 1. The van der Waals surface area contributed by atoms with Crippen molar-refractivity contribution in [3.8, 4) is 0 Å². The number of carbonyl (C=O) groups is 4. The lowest BCUT2D eigenvalue weighted by molar-refractivity contribution is -0.134. The molecule has 1 aromatic rings. The Labute approximate surface area is 199 Å². The van der Waals surface area contributed by atoms with Crippen LogP contribution in [0.15, 0.2) is 10.6 Å². The highest BCUT2D eigenvalue weighted by Gasteiger charge is 2.50. The maximum absolute atomic E-state index is 13.1. The molecule has 1 aromatic heterocycles. The van der Waals surface area contributed by atoms with Gasteiger partial charge in [0.1, 0.15) is 23.4 Å². The lowest BCUT2D eigenvalue weighted by atomic mass is 9.92. The highest BCUT2D eigenvalue weighted by atomic mass is 16.6. The summed E-state index contributed by atoms with van der Waals surface area (Å²) in [6.45, 7) is 11.0. The van der Waals surface area contributed by atoms with Gasteiger partial charge in [-0.25, -0.2) is 0 Å². The number of amides is 3. The van der Waals surface area contributed by atoms with Gasteiger partial charge in [-0.1, -0.05) is 32.9 Å². The summed E-state index contributed by atoms with van der Waals surface area (Å²) >= 11 is 0. The van der Waals surface area contributed by atoms with E-state index < -0.39 is 41.4 Å². The Bertz CT molecular complexity index is 892. The van der Waals surface area contributed by atoms with Crippen LogP contribution in [0, 0.1) is 18.8 Å². The molecule has 3 amide bonds. The van der Waals surface area contributed by atoms with Crippen molar-refractivity contribution < 1.29 is 33.2 Å². The average Bonchev–Trinajstić information content (AvgIpc) is 3.35. The van der Waals surface area contributed by atoms with Crippen LogP contribution in [0.5, 0.6) is 0 Å². The Balaban J connectivity index is 2.10. The fourth-order valence-electron chi connectivity index (χ4n) is 3.43. The number of ketones is 1. The number of aromatic nitrogens is 1. The van der Waals surface area contributed by atoms with Crippen LogP contribution in [0.3, 0.4) is 0 Å². The van der Waals surface area contributed by atoms with Gasteiger partial charge in [0.25, 0.3) is 5.91 Å². The van der Waals surface area contributed by atoms with Crippen molar-refractivity contribution in [2.75, 3.05) is 20.3 Å². The zero-order valence-electron chi connectivity index (χ0n) is 20.9. The van der Waals surface area contributed by atoms with Crippen LogP contribution in [0.2, 0.25) is 0 Å². The molecular formula is C23H36N4O7. The van der Waals surface area contributed by atoms with Crippen LogP contribution >= 0.6 is 0 Å². The highest BCUT2D eigenvalue weighted by molar-refractivity contribution is 5.99. The minimum Gasteiger partial charge on any atom is -0.382 e. The molecule has 1 fully saturated rings. The number of carbonyl (C=O) groups excluding carboxylic acids is 4. The van der Waals surface area contributed by atoms with Gasteiger partial charge in [0, 0.05) is 13.2 Å². The molecule has 2 heterocycles. The number of methoxy groups -OCH3 is 1. The van der Waals surface area contributed by atoms with Crippen molar-refractivity contribution in [1.82, 2.24) is 21.1 Å². The number of ether oxygens (including phenoxy) is 2. The van der Waals surface area contributed by atoms with Gasteiger partial charge in [-0.15, -0.1) is 0 Å². The third-order valence-corrected chi connectivity index (χ3v) is 5.50. The summed E-state index contributed by atoms with van der Waals surface area (Å²) in [6.07, 6.45) is 0.446. The van der Waals surface area contributed by atoms with Gasteiger partial charge in [0.05, 0.1) is 19.3 Å². The topological polar surface area (TPSA) is 152 Å². The van der Waals surface area contributed by atoms with E-state index in [1.807, 2.05) is 13.8 Å². The summed E-state index contributed by atoms with van der Waals surface area (Å²) in [5, 5.41) is 11.7. The number of aryl methyl sites for hydroxylation is 1. The van der Waals surface area contributed by atoms with E-state index in [2.05, 4.69) is 21.1 Å². The molecule has 1 saturated heterocycles. The van der Waals surface area contributed by atoms with Crippen molar-refractivity contribution in [3.63, 3.8) is 0 Å². The lowest BCUT2D eigenvalue weighted by Crippen LogP contribution is -2.59. The van der Waals surface area contributed by atoms with Crippen LogP contribution in [0.4, 0.5) is 0 Å². The van der Waals surface area contributed by atoms with Gasteiger partial charge >= 0.3 is 0 Å². The second-order valence-corrected chi connectivity index (χ2v) is 9.61. The minimum atomic E-state index is -1.07. The first-order valence-electron chi connectivity index (χ1n) is 11.4. The fraction of sp³-hybridized carbons (Fsp3) is 0.696. The molecule has 1 aliphatic rings. The maximum Gasteiger partial charge on any atom is 0.274 e. The van der Waals surface area contributed by atoms with Crippen LogP contribution in [0.1, 0.15) is 57.3 Å². The van der Waals surface area contributed by atoms with E-state index in [0.717, 1.165) is 0 Å². The summed E-state index contributed by atoms with van der Waals surface area (Å²) in [5.74, 6) is -1.57. The van der Waals surface area contributed by atoms with Crippen LogP contribution in [0.25, 0.3) is 0 Å². The molecule has 3 N–H and O–H groups in total. The summed E-state index contributed by atoms with van der Waals surface area (Å²) in [6, 6.07) is -1.30. The molecule has 2 rings (SSSR count). The monoisotopic (exact) mass is 480 g/mol. The molecule has 2 unspecified atom stereocenters. The second-order valence-electron chi connectivity index (χ2n) is 9.61.